The number of benzene rings is 2. The number of carbonyl (C=O) groups is 9. The number of carboxylic acid groups (broad SMARTS) is 2. The standard InChI is InChI=1S/C42H57N13O12S/c43-26(12-13-33(44)57)35(60)51-31(18-34(58)59)40(65)53-28(15-22-5-2-1-3-6-22)37(62)50-27(7-4-14-48-42(45)46)36(61)54-30(17-24-19-47-21-49-24)39(64)52-29(16-23-8-10-25(56)11-9-23)38(63)55-32(20-68)41(66)67/h1-3,5-6,8-11,19,21,26-32,56,68H,4,7,12-18,20,43H2,(H2,44,57)(H,47,49)(H,50,62)(H,51,60)(H,52,64)(H,53,65)(H,54,61)(H,55,63)(H,58,59)(H,66,67)(H4,45,46,48)/t26-,27-,28-,29-,30-,31-,32-/m0/s1. The van der Waals surface area contributed by atoms with Gasteiger partial charge in [0.05, 0.1) is 18.8 Å². The molecule has 18 N–H and O–H groups in total. The molecular weight excluding hydrogens is 911 g/mol. The molecule has 0 spiro atoms. The van der Waals surface area contributed by atoms with Crippen LogP contribution in [-0.2, 0) is 62.4 Å². The molecule has 26 heteroatoms. The summed E-state index contributed by atoms with van der Waals surface area (Å²) in [6.07, 6.45) is 0.527. The molecule has 25 nitrogen and oxygen atoms in total. The van der Waals surface area contributed by atoms with E-state index in [1.807, 2.05) is 0 Å². The maximum atomic E-state index is 14.3. The number of thiol groups is 1. The lowest BCUT2D eigenvalue weighted by atomic mass is 10.0. The summed E-state index contributed by atoms with van der Waals surface area (Å²) in [5.41, 5.74) is 23.3. The van der Waals surface area contributed by atoms with Gasteiger partial charge in [0.1, 0.15) is 42.0 Å². The molecule has 7 atom stereocenters. The predicted octanol–water partition coefficient (Wildman–Crippen LogP) is -3.81. The lowest BCUT2D eigenvalue weighted by Gasteiger charge is -2.27. The number of amides is 7. The van der Waals surface area contributed by atoms with Crippen LogP contribution in [0.5, 0.6) is 5.75 Å². The molecule has 0 saturated carbocycles. The number of aliphatic imine (C=N–C) groups is 1. The zero-order chi connectivity index (χ0) is 50.3. The maximum absolute atomic E-state index is 14.3. The zero-order valence-corrected chi connectivity index (χ0v) is 37.5. The fourth-order valence-corrected chi connectivity index (χ4v) is 6.62. The Balaban J connectivity index is 1.98. The molecule has 0 aliphatic heterocycles. The second kappa shape index (κ2) is 27.7. The average molecular weight is 968 g/mol. The lowest BCUT2D eigenvalue weighted by molar-refractivity contribution is -0.142. The van der Waals surface area contributed by atoms with Gasteiger partial charge in [-0.3, -0.25) is 43.3 Å². The summed E-state index contributed by atoms with van der Waals surface area (Å²) in [6, 6.07) is 3.43. The Labute approximate surface area is 394 Å². The monoisotopic (exact) mass is 967 g/mol. The van der Waals surface area contributed by atoms with Crippen molar-refractivity contribution in [1.29, 1.82) is 0 Å². The van der Waals surface area contributed by atoms with E-state index in [4.69, 9.17) is 22.9 Å². The van der Waals surface area contributed by atoms with Crippen molar-refractivity contribution in [3.05, 3.63) is 83.9 Å². The van der Waals surface area contributed by atoms with Crippen molar-refractivity contribution < 1.29 is 58.5 Å². The summed E-state index contributed by atoms with van der Waals surface area (Å²) in [4.78, 5) is 128. The number of phenolic OH excluding ortho intramolecular Hbond substituents is 1. The molecule has 2 aromatic carbocycles. The second-order valence-corrected chi connectivity index (χ2v) is 15.8. The molecule has 0 saturated heterocycles. The van der Waals surface area contributed by atoms with Gasteiger partial charge in [-0.2, -0.15) is 12.6 Å². The number of nitrogens with one attached hydrogen (secondary N) is 7. The van der Waals surface area contributed by atoms with Crippen LogP contribution in [0.15, 0.2) is 72.1 Å². The van der Waals surface area contributed by atoms with Crippen molar-refractivity contribution in [1.82, 2.24) is 41.9 Å². The number of aromatic hydroxyl groups is 1. The van der Waals surface area contributed by atoms with E-state index in [1.165, 1.54) is 36.8 Å². The number of carbonyl (C=O) groups excluding carboxylic acids is 7. The normalized spacial score (nSPS) is 13.9. The average Bonchev–Trinajstić information content (AvgIpc) is 3.81. The Bertz CT molecular complexity index is 2230. The van der Waals surface area contributed by atoms with E-state index in [9.17, 15) is 58.5 Å². The van der Waals surface area contributed by atoms with Crippen LogP contribution >= 0.6 is 12.6 Å². The fourth-order valence-electron chi connectivity index (χ4n) is 6.37. The van der Waals surface area contributed by atoms with Gasteiger partial charge in [0.25, 0.3) is 0 Å². The molecule has 0 unspecified atom stereocenters. The third-order valence-corrected chi connectivity index (χ3v) is 10.3. The van der Waals surface area contributed by atoms with Gasteiger partial charge in [-0.1, -0.05) is 42.5 Å². The van der Waals surface area contributed by atoms with E-state index in [0.717, 1.165) is 0 Å². The van der Waals surface area contributed by atoms with Crippen molar-refractivity contribution in [2.45, 2.75) is 93.7 Å². The minimum Gasteiger partial charge on any atom is -0.508 e. The Morgan fingerprint density at radius 2 is 1.15 bits per heavy atom. The second-order valence-electron chi connectivity index (χ2n) is 15.4. The smallest absolute Gasteiger partial charge is 0.327 e. The molecule has 0 radical (unpaired) electrons. The molecule has 1 aromatic heterocycles. The minimum absolute atomic E-state index is 0.0138. The van der Waals surface area contributed by atoms with Crippen LogP contribution in [0, 0.1) is 0 Å². The topological polar surface area (TPSA) is 432 Å². The third-order valence-electron chi connectivity index (χ3n) is 9.96. The van der Waals surface area contributed by atoms with Gasteiger partial charge in [-0.15, -0.1) is 0 Å². The van der Waals surface area contributed by atoms with Crippen molar-refractivity contribution in [2.75, 3.05) is 12.3 Å². The van der Waals surface area contributed by atoms with Gasteiger partial charge >= 0.3 is 11.9 Å². The fraction of sp³-hybridized carbons (Fsp3) is 0.405. The number of imidazole rings is 1. The summed E-state index contributed by atoms with van der Waals surface area (Å²) < 4.78 is 0. The number of primary amides is 1. The van der Waals surface area contributed by atoms with Gasteiger partial charge in [0.15, 0.2) is 5.96 Å². The highest BCUT2D eigenvalue weighted by molar-refractivity contribution is 7.80. The Kier molecular flexibility index (Phi) is 22.2. The summed E-state index contributed by atoms with van der Waals surface area (Å²) in [5.74, 6) is -10.1. The Hall–Kier alpha value is -7.74. The molecule has 368 valence electrons. The number of H-pyrrole nitrogens is 1. The van der Waals surface area contributed by atoms with Crippen LogP contribution in [0.1, 0.15) is 48.9 Å². The molecule has 1 heterocycles. The largest absolute Gasteiger partial charge is 0.508 e. The van der Waals surface area contributed by atoms with Crippen LogP contribution in [0.3, 0.4) is 0 Å². The Morgan fingerprint density at radius 3 is 1.65 bits per heavy atom. The Morgan fingerprint density at radius 1 is 0.647 bits per heavy atom. The van der Waals surface area contributed by atoms with E-state index >= 15 is 0 Å². The number of hydrogen-bond acceptors (Lipinski definition) is 14. The van der Waals surface area contributed by atoms with Crippen LogP contribution in [0.4, 0.5) is 0 Å². The number of aromatic nitrogens is 2. The highest BCUT2D eigenvalue weighted by atomic mass is 32.1. The van der Waals surface area contributed by atoms with Crippen LogP contribution in [-0.4, -0.2) is 139 Å². The molecule has 0 aliphatic rings. The minimum atomic E-state index is -1.76. The number of nitrogens with zero attached hydrogens (tertiary/aromatic N) is 2. The molecule has 0 fully saturated rings. The van der Waals surface area contributed by atoms with E-state index in [1.54, 1.807) is 30.3 Å². The van der Waals surface area contributed by atoms with E-state index in [-0.39, 0.29) is 69.0 Å². The highest BCUT2D eigenvalue weighted by Gasteiger charge is 2.34. The van der Waals surface area contributed by atoms with Gasteiger partial charge < -0.3 is 75.1 Å². The van der Waals surface area contributed by atoms with E-state index in [0.29, 0.717) is 16.8 Å². The van der Waals surface area contributed by atoms with Gasteiger partial charge in [0.2, 0.25) is 41.4 Å². The van der Waals surface area contributed by atoms with Crippen molar-refractivity contribution in [2.24, 2.45) is 27.9 Å². The first-order chi connectivity index (χ1) is 32.3. The molecule has 0 aliphatic carbocycles. The van der Waals surface area contributed by atoms with Gasteiger partial charge in [0, 0.05) is 49.9 Å². The lowest BCUT2D eigenvalue weighted by Crippen LogP contribution is -2.60. The van der Waals surface area contributed by atoms with Gasteiger partial charge in [-0.05, 0) is 42.5 Å². The van der Waals surface area contributed by atoms with Crippen molar-refractivity contribution >= 4 is 71.9 Å². The number of nitrogens with two attached hydrogens (primary N) is 4. The summed E-state index contributed by atoms with van der Waals surface area (Å²) in [5, 5.41) is 43.8. The summed E-state index contributed by atoms with van der Waals surface area (Å²) >= 11 is 3.99. The van der Waals surface area contributed by atoms with E-state index < -0.39 is 102 Å². The first-order valence-electron chi connectivity index (χ1n) is 21.0. The number of guanidine groups is 1. The summed E-state index contributed by atoms with van der Waals surface area (Å²) in [7, 11) is 0. The molecule has 3 rings (SSSR count). The number of carboxylic acids is 2. The van der Waals surface area contributed by atoms with E-state index in [2.05, 4.69) is 59.5 Å². The SMILES string of the molecule is NC(=O)CC[C@H](N)C(=O)N[C@@H](CC(=O)O)C(=O)N[C@@H](Cc1ccccc1)C(=O)N[C@@H](CCCN=C(N)N)C(=O)N[C@@H](Cc1cnc[nH]1)C(=O)N[C@@H](Cc1ccc(O)cc1)C(=O)N[C@@H](CS)C(=O)O. The van der Waals surface area contributed by atoms with Crippen LogP contribution in [0.25, 0.3) is 0 Å². The number of phenols is 1. The van der Waals surface area contributed by atoms with Crippen molar-refractivity contribution in [3.8, 4) is 5.75 Å². The maximum Gasteiger partial charge on any atom is 0.327 e. The number of hydrogen-bond donors (Lipinski definition) is 15. The zero-order valence-electron chi connectivity index (χ0n) is 36.6. The molecular formula is C42H57N13O12S. The number of rotatable bonds is 29. The van der Waals surface area contributed by atoms with Gasteiger partial charge in [-0.25, -0.2) is 9.78 Å². The number of aliphatic carboxylic acids is 2. The molecule has 3 aromatic rings. The molecule has 7 amide bonds. The predicted molar refractivity (Wildman–Crippen MR) is 246 cm³/mol. The van der Waals surface area contributed by atoms with Crippen LogP contribution in [0.2, 0.25) is 0 Å². The quantitative estimate of drug-likeness (QED) is 0.0137. The number of aromatic amines is 1. The molecule has 68 heavy (non-hydrogen) atoms. The summed E-state index contributed by atoms with van der Waals surface area (Å²) in [6.45, 7) is -0.0138. The third kappa shape index (κ3) is 19.4. The molecule has 0 bridgehead atoms. The highest BCUT2D eigenvalue weighted by Crippen LogP contribution is 2.13. The first kappa shape index (κ1) is 54.6. The van der Waals surface area contributed by atoms with Crippen LogP contribution < -0.4 is 54.8 Å². The van der Waals surface area contributed by atoms with Crippen molar-refractivity contribution in [3.63, 3.8) is 0 Å². The first-order valence-corrected chi connectivity index (χ1v) is 21.6.